The van der Waals surface area contributed by atoms with Gasteiger partial charge in [-0.2, -0.15) is 0 Å². The normalized spacial score (nSPS) is 18.6. The minimum absolute atomic E-state index is 0.593. The van der Waals surface area contributed by atoms with Crippen LogP contribution in [0.2, 0.25) is 0 Å². The van der Waals surface area contributed by atoms with Crippen LogP contribution in [0.4, 0.5) is 0 Å². The molecule has 3 rings (SSSR count). The molecule has 2 aromatic rings. The van der Waals surface area contributed by atoms with Crippen LogP contribution in [0.5, 0.6) is 0 Å². The molecule has 2 heterocycles. The summed E-state index contributed by atoms with van der Waals surface area (Å²) in [5, 5.41) is 6.85. The summed E-state index contributed by atoms with van der Waals surface area (Å²) in [4.78, 5) is 12.0. The lowest BCUT2D eigenvalue weighted by molar-refractivity contribution is 0.273. The fourth-order valence-corrected chi connectivity index (χ4v) is 3.82. The van der Waals surface area contributed by atoms with Crippen molar-refractivity contribution in [1.82, 2.24) is 25.1 Å². The molecule has 142 valence electrons. The van der Waals surface area contributed by atoms with Crippen molar-refractivity contribution in [2.45, 2.75) is 46.2 Å². The Morgan fingerprint density at radius 3 is 2.92 bits per heavy atom. The molecule has 2 N–H and O–H groups in total. The molecular formula is C20H32N6. The molecule has 6 heteroatoms. The Kier molecular flexibility index (Phi) is 6.50. The summed E-state index contributed by atoms with van der Waals surface area (Å²) < 4.78 is 2.27. The van der Waals surface area contributed by atoms with E-state index in [2.05, 4.69) is 64.1 Å². The molecule has 1 saturated heterocycles. The molecule has 6 nitrogen and oxygen atoms in total. The summed E-state index contributed by atoms with van der Waals surface area (Å²) in [5.41, 5.74) is 2.25. The zero-order chi connectivity index (χ0) is 18.4. The number of aromatic nitrogens is 2. The molecule has 1 aliphatic rings. The Morgan fingerprint density at radius 2 is 2.12 bits per heavy atom. The van der Waals surface area contributed by atoms with Gasteiger partial charge in [-0.05, 0) is 51.9 Å². The van der Waals surface area contributed by atoms with E-state index in [1.165, 1.54) is 24.9 Å². The number of nitrogens with zero attached hydrogens (tertiary/aromatic N) is 4. The number of likely N-dealkylation sites (N-methyl/N-ethyl adjacent to an activating group) is 1. The van der Waals surface area contributed by atoms with Crippen molar-refractivity contribution in [2.24, 2.45) is 4.99 Å². The second-order valence-corrected chi connectivity index (χ2v) is 6.87. The number of guanidine groups is 1. The predicted octanol–water partition coefficient (Wildman–Crippen LogP) is 2.38. The molecule has 1 fully saturated rings. The highest BCUT2D eigenvalue weighted by Gasteiger charge is 2.22. The Morgan fingerprint density at radius 1 is 1.27 bits per heavy atom. The van der Waals surface area contributed by atoms with Gasteiger partial charge in [0.05, 0.1) is 17.6 Å². The maximum absolute atomic E-state index is 4.83. The highest BCUT2D eigenvalue weighted by Crippen LogP contribution is 2.17. The summed E-state index contributed by atoms with van der Waals surface area (Å²) in [6.07, 6.45) is 2.56. The third kappa shape index (κ3) is 4.36. The molecule has 0 aliphatic carbocycles. The van der Waals surface area contributed by atoms with Crippen LogP contribution in [-0.4, -0.2) is 59.2 Å². The maximum atomic E-state index is 4.83. The Bertz CT molecular complexity index is 735. The lowest BCUT2D eigenvalue weighted by atomic mass is 10.2. The number of aryl methyl sites for hydroxylation is 1. The van der Waals surface area contributed by atoms with Crippen LogP contribution >= 0.6 is 0 Å². The van der Waals surface area contributed by atoms with Crippen LogP contribution in [0.1, 0.15) is 32.5 Å². The van der Waals surface area contributed by atoms with Crippen LogP contribution in [0.15, 0.2) is 29.3 Å². The number of rotatable bonds is 7. The van der Waals surface area contributed by atoms with Gasteiger partial charge < -0.3 is 15.2 Å². The van der Waals surface area contributed by atoms with Crippen molar-refractivity contribution in [3.63, 3.8) is 0 Å². The molecule has 1 atom stereocenters. The summed E-state index contributed by atoms with van der Waals surface area (Å²) in [6, 6.07) is 8.90. The van der Waals surface area contributed by atoms with Crippen LogP contribution in [0.25, 0.3) is 11.0 Å². The first-order chi connectivity index (χ1) is 12.7. The van der Waals surface area contributed by atoms with E-state index in [4.69, 9.17) is 4.99 Å². The summed E-state index contributed by atoms with van der Waals surface area (Å²) in [5.74, 6) is 1.97. The first-order valence-electron chi connectivity index (χ1n) is 9.91. The topological polar surface area (TPSA) is 57.5 Å². The zero-order valence-corrected chi connectivity index (χ0v) is 16.3. The van der Waals surface area contributed by atoms with Gasteiger partial charge in [-0.15, -0.1) is 0 Å². The van der Waals surface area contributed by atoms with E-state index in [0.29, 0.717) is 6.04 Å². The van der Waals surface area contributed by atoms with Crippen molar-refractivity contribution < 1.29 is 0 Å². The number of aliphatic imine (C=N–C) groups is 1. The van der Waals surface area contributed by atoms with E-state index < -0.39 is 0 Å². The SMILES string of the molecule is CCNC(=NCC1CCCN1CC)NCCn1c(C)nc2ccccc21. The molecule has 0 spiro atoms. The van der Waals surface area contributed by atoms with E-state index in [0.717, 1.165) is 50.0 Å². The third-order valence-electron chi connectivity index (χ3n) is 5.18. The number of likely N-dealkylation sites (tertiary alicyclic amines) is 1. The molecule has 0 radical (unpaired) electrons. The molecule has 1 aliphatic heterocycles. The second-order valence-electron chi connectivity index (χ2n) is 6.87. The second kappa shape index (κ2) is 9.03. The molecule has 1 unspecified atom stereocenters. The number of hydrogen-bond donors (Lipinski definition) is 2. The maximum Gasteiger partial charge on any atom is 0.191 e. The number of fused-ring (bicyclic) bond motifs is 1. The van der Waals surface area contributed by atoms with E-state index >= 15 is 0 Å². The molecule has 1 aromatic carbocycles. The molecule has 0 bridgehead atoms. The minimum atomic E-state index is 0.593. The molecule has 0 saturated carbocycles. The average molecular weight is 357 g/mol. The van der Waals surface area contributed by atoms with Gasteiger partial charge in [0.2, 0.25) is 0 Å². The number of para-hydroxylation sites is 2. The smallest absolute Gasteiger partial charge is 0.191 e. The van der Waals surface area contributed by atoms with E-state index in [9.17, 15) is 0 Å². The minimum Gasteiger partial charge on any atom is -0.357 e. The fourth-order valence-electron chi connectivity index (χ4n) is 3.82. The van der Waals surface area contributed by atoms with Crippen molar-refractivity contribution in [3.05, 3.63) is 30.1 Å². The first kappa shape index (κ1) is 18.7. The third-order valence-corrected chi connectivity index (χ3v) is 5.18. The molecule has 26 heavy (non-hydrogen) atoms. The molecule has 0 amide bonds. The Labute approximate surface area is 156 Å². The van der Waals surface area contributed by atoms with Gasteiger partial charge in [-0.25, -0.2) is 4.98 Å². The van der Waals surface area contributed by atoms with Gasteiger partial charge in [-0.3, -0.25) is 9.89 Å². The van der Waals surface area contributed by atoms with Crippen molar-refractivity contribution in [3.8, 4) is 0 Å². The summed E-state index contributed by atoms with van der Waals surface area (Å²) in [6.45, 7) is 12.2. The van der Waals surface area contributed by atoms with Gasteiger partial charge in [0, 0.05) is 25.7 Å². The van der Waals surface area contributed by atoms with Crippen molar-refractivity contribution in [2.75, 3.05) is 32.7 Å². The van der Waals surface area contributed by atoms with E-state index in [1.807, 2.05) is 6.07 Å². The highest BCUT2D eigenvalue weighted by atomic mass is 15.2. The lowest BCUT2D eigenvalue weighted by Gasteiger charge is -2.21. The summed E-state index contributed by atoms with van der Waals surface area (Å²) >= 11 is 0. The monoisotopic (exact) mass is 356 g/mol. The van der Waals surface area contributed by atoms with Gasteiger partial charge in [0.25, 0.3) is 0 Å². The predicted molar refractivity (Wildman–Crippen MR) is 109 cm³/mol. The van der Waals surface area contributed by atoms with Gasteiger partial charge in [0.1, 0.15) is 5.82 Å². The number of benzene rings is 1. The van der Waals surface area contributed by atoms with E-state index in [-0.39, 0.29) is 0 Å². The average Bonchev–Trinajstić information content (AvgIpc) is 3.23. The fraction of sp³-hybridized carbons (Fsp3) is 0.600. The highest BCUT2D eigenvalue weighted by molar-refractivity contribution is 5.80. The quantitative estimate of drug-likeness (QED) is 0.591. The van der Waals surface area contributed by atoms with Crippen LogP contribution < -0.4 is 10.6 Å². The Balaban J connectivity index is 1.58. The largest absolute Gasteiger partial charge is 0.357 e. The first-order valence-corrected chi connectivity index (χ1v) is 9.91. The zero-order valence-electron chi connectivity index (χ0n) is 16.3. The number of nitrogens with one attached hydrogen (secondary N) is 2. The Hall–Kier alpha value is -2.08. The molecular weight excluding hydrogens is 324 g/mol. The van der Waals surface area contributed by atoms with Gasteiger partial charge >= 0.3 is 0 Å². The summed E-state index contributed by atoms with van der Waals surface area (Å²) in [7, 11) is 0. The van der Waals surface area contributed by atoms with Crippen molar-refractivity contribution >= 4 is 17.0 Å². The lowest BCUT2D eigenvalue weighted by Crippen LogP contribution is -2.40. The van der Waals surface area contributed by atoms with Crippen molar-refractivity contribution in [1.29, 1.82) is 0 Å². The standard InChI is InChI=1S/C20H32N6/c1-4-21-20(23-15-17-9-8-13-25(17)5-2)22-12-14-26-16(3)24-18-10-6-7-11-19(18)26/h6-7,10-11,17H,4-5,8-9,12-15H2,1-3H3,(H2,21,22,23). The number of imidazole rings is 1. The van der Waals surface area contributed by atoms with Crippen LogP contribution in [0, 0.1) is 6.92 Å². The number of hydrogen-bond acceptors (Lipinski definition) is 3. The van der Waals surface area contributed by atoms with Crippen LogP contribution in [-0.2, 0) is 6.54 Å². The van der Waals surface area contributed by atoms with Gasteiger partial charge in [0.15, 0.2) is 5.96 Å². The van der Waals surface area contributed by atoms with Crippen LogP contribution in [0.3, 0.4) is 0 Å². The van der Waals surface area contributed by atoms with Gasteiger partial charge in [-0.1, -0.05) is 19.1 Å². The molecule has 1 aromatic heterocycles. The van der Waals surface area contributed by atoms with E-state index in [1.54, 1.807) is 0 Å².